The molecule has 0 bridgehead atoms. The number of nitrogens with zero attached hydrogens (tertiary/aromatic N) is 4. The number of likely N-dealkylation sites (tertiary alicyclic amines) is 1. The molecule has 6 nitrogen and oxygen atoms in total. The number of amides is 1. The molecule has 0 unspecified atom stereocenters. The van der Waals surface area contributed by atoms with E-state index in [0.29, 0.717) is 12.6 Å². The summed E-state index contributed by atoms with van der Waals surface area (Å²) in [7, 11) is 1.92. The largest absolute Gasteiger partial charge is 0.381 e. The Balaban J connectivity index is 1.49. The van der Waals surface area contributed by atoms with Crippen molar-refractivity contribution in [2.45, 2.75) is 38.3 Å². The molecule has 0 saturated carbocycles. The first-order valence-corrected chi connectivity index (χ1v) is 8.78. The lowest BCUT2D eigenvalue weighted by Gasteiger charge is -2.40. The van der Waals surface area contributed by atoms with Crippen molar-refractivity contribution in [3.63, 3.8) is 0 Å². The summed E-state index contributed by atoms with van der Waals surface area (Å²) in [5.41, 5.74) is 0. The highest BCUT2D eigenvalue weighted by Crippen LogP contribution is 2.24. The molecule has 1 amide bonds. The van der Waals surface area contributed by atoms with E-state index < -0.39 is 0 Å². The van der Waals surface area contributed by atoms with Gasteiger partial charge in [-0.25, -0.2) is 0 Å². The number of rotatable bonds is 5. The van der Waals surface area contributed by atoms with Crippen molar-refractivity contribution in [1.82, 2.24) is 19.6 Å². The lowest BCUT2D eigenvalue weighted by atomic mass is 9.93. The van der Waals surface area contributed by atoms with Gasteiger partial charge in [-0.15, -0.1) is 0 Å². The van der Waals surface area contributed by atoms with Crippen LogP contribution >= 0.6 is 0 Å². The molecule has 1 atom stereocenters. The van der Waals surface area contributed by atoms with Crippen LogP contribution in [0.3, 0.4) is 0 Å². The molecular weight excluding hydrogens is 292 g/mol. The van der Waals surface area contributed by atoms with Crippen molar-refractivity contribution >= 4 is 5.91 Å². The lowest BCUT2D eigenvalue weighted by Crippen LogP contribution is -2.49. The molecule has 6 heteroatoms. The molecule has 2 aliphatic rings. The number of carbonyl (C=O) groups excluding carboxylic acids is 1. The average molecular weight is 320 g/mol. The zero-order valence-corrected chi connectivity index (χ0v) is 14.1. The molecule has 3 rings (SSSR count). The summed E-state index contributed by atoms with van der Waals surface area (Å²) in [4.78, 5) is 17.1. The maximum atomic E-state index is 12.7. The highest BCUT2D eigenvalue weighted by molar-refractivity contribution is 5.78. The number of piperidine rings is 1. The van der Waals surface area contributed by atoms with E-state index >= 15 is 0 Å². The molecule has 23 heavy (non-hydrogen) atoms. The van der Waals surface area contributed by atoms with Gasteiger partial charge in [-0.3, -0.25) is 14.4 Å². The minimum atomic E-state index is 0.147. The Kier molecular flexibility index (Phi) is 5.67. The highest BCUT2D eigenvalue weighted by Gasteiger charge is 2.31. The summed E-state index contributed by atoms with van der Waals surface area (Å²) in [5, 5.41) is 4.19. The van der Waals surface area contributed by atoms with E-state index in [-0.39, 0.29) is 11.8 Å². The average Bonchev–Trinajstić information content (AvgIpc) is 3.13. The van der Waals surface area contributed by atoms with Crippen LogP contribution in [-0.4, -0.2) is 71.4 Å². The lowest BCUT2D eigenvalue weighted by molar-refractivity contribution is -0.136. The van der Waals surface area contributed by atoms with Crippen molar-refractivity contribution in [1.29, 1.82) is 0 Å². The Morgan fingerprint density at radius 3 is 2.91 bits per heavy atom. The number of aromatic nitrogens is 2. The Morgan fingerprint density at radius 2 is 2.17 bits per heavy atom. The molecule has 3 heterocycles. The molecule has 0 aliphatic carbocycles. The van der Waals surface area contributed by atoms with E-state index in [1.807, 2.05) is 28.9 Å². The van der Waals surface area contributed by atoms with E-state index in [0.717, 1.165) is 58.5 Å². The van der Waals surface area contributed by atoms with Gasteiger partial charge in [-0.2, -0.15) is 5.10 Å². The summed E-state index contributed by atoms with van der Waals surface area (Å²) in [5.74, 6) is 0.433. The molecule has 0 aromatic carbocycles. The second-order valence-electron chi connectivity index (χ2n) is 6.71. The fraction of sp³-hybridized carbons (Fsp3) is 0.765. The standard InChI is InChI=1S/C17H28N4O2/c1-19(10-11-21-9-3-7-18-21)17(22)15-4-2-8-20(14-15)16-5-12-23-13-6-16/h3,7,9,15-16H,2,4-6,8,10-14H2,1H3/t15-/m1/s1. The van der Waals surface area contributed by atoms with Gasteiger partial charge in [-0.05, 0) is 38.3 Å². The van der Waals surface area contributed by atoms with Crippen LogP contribution in [0.25, 0.3) is 0 Å². The fourth-order valence-electron chi connectivity index (χ4n) is 3.70. The predicted molar refractivity (Wildman–Crippen MR) is 88.0 cm³/mol. The molecule has 128 valence electrons. The SMILES string of the molecule is CN(CCn1cccn1)C(=O)[C@@H]1CCCN(C2CCOCC2)C1. The molecule has 2 aliphatic heterocycles. The van der Waals surface area contributed by atoms with Crippen LogP contribution in [0.1, 0.15) is 25.7 Å². The third kappa shape index (κ3) is 4.32. The second kappa shape index (κ2) is 7.93. The molecule has 2 saturated heterocycles. The van der Waals surface area contributed by atoms with Crippen LogP contribution in [-0.2, 0) is 16.1 Å². The van der Waals surface area contributed by atoms with Crippen LogP contribution in [0.5, 0.6) is 0 Å². The van der Waals surface area contributed by atoms with Gasteiger partial charge >= 0.3 is 0 Å². The summed E-state index contributed by atoms with van der Waals surface area (Å²) < 4.78 is 7.33. The number of likely N-dealkylation sites (N-methyl/N-ethyl adjacent to an activating group) is 1. The molecule has 0 radical (unpaired) electrons. The quantitative estimate of drug-likeness (QED) is 0.819. The van der Waals surface area contributed by atoms with Gasteiger partial charge in [0, 0.05) is 51.8 Å². The monoisotopic (exact) mass is 320 g/mol. The van der Waals surface area contributed by atoms with Crippen molar-refractivity contribution in [3.8, 4) is 0 Å². The zero-order valence-electron chi connectivity index (χ0n) is 14.1. The predicted octanol–water partition coefficient (Wildman–Crippen LogP) is 1.23. The molecule has 1 aromatic heterocycles. The fourth-order valence-corrected chi connectivity index (χ4v) is 3.70. The minimum Gasteiger partial charge on any atom is -0.381 e. The Hall–Kier alpha value is -1.40. The van der Waals surface area contributed by atoms with Gasteiger partial charge in [0.05, 0.1) is 12.5 Å². The topological polar surface area (TPSA) is 50.6 Å². The van der Waals surface area contributed by atoms with E-state index in [9.17, 15) is 4.79 Å². The van der Waals surface area contributed by atoms with Crippen molar-refractivity contribution < 1.29 is 9.53 Å². The van der Waals surface area contributed by atoms with Gasteiger partial charge < -0.3 is 9.64 Å². The van der Waals surface area contributed by atoms with Crippen molar-refractivity contribution in [2.24, 2.45) is 5.92 Å². The maximum Gasteiger partial charge on any atom is 0.226 e. The first-order valence-electron chi connectivity index (χ1n) is 8.78. The van der Waals surface area contributed by atoms with Gasteiger partial charge in [0.2, 0.25) is 5.91 Å². The molecule has 2 fully saturated rings. The zero-order chi connectivity index (χ0) is 16.1. The highest BCUT2D eigenvalue weighted by atomic mass is 16.5. The van der Waals surface area contributed by atoms with Gasteiger partial charge in [0.1, 0.15) is 0 Å². The summed E-state index contributed by atoms with van der Waals surface area (Å²) in [6.45, 7) is 5.24. The molecule has 1 aromatic rings. The van der Waals surface area contributed by atoms with Crippen LogP contribution < -0.4 is 0 Å². The van der Waals surface area contributed by atoms with E-state index in [2.05, 4.69) is 10.00 Å². The van der Waals surface area contributed by atoms with Crippen LogP contribution in [0.15, 0.2) is 18.5 Å². The van der Waals surface area contributed by atoms with Crippen molar-refractivity contribution in [3.05, 3.63) is 18.5 Å². The molecule has 0 spiro atoms. The summed E-state index contributed by atoms with van der Waals surface area (Å²) >= 11 is 0. The van der Waals surface area contributed by atoms with E-state index in [4.69, 9.17) is 4.74 Å². The Bertz CT molecular complexity index is 485. The first kappa shape index (κ1) is 16.5. The Morgan fingerprint density at radius 1 is 1.35 bits per heavy atom. The van der Waals surface area contributed by atoms with Crippen molar-refractivity contribution in [2.75, 3.05) is 39.9 Å². The van der Waals surface area contributed by atoms with E-state index in [1.54, 1.807) is 6.20 Å². The van der Waals surface area contributed by atoms with Crippen LogP contribution in [0.4, 0.5) is 0 Å². The summed E-state index contributed by atoms with van der Waals surface area (Å²) in [6, 6.07) is 2.52. The molecular formula is C17H28N4O2. The smallest absolute Gasteiger partial charge is 0.226 e. The number of ether oxygens (including phenoxy) is 1. The first-order chi connectivity index (χ1) is 11.2. The van der Waals surface area contributed by atoms with Gasteiger partial charge in [0.15, 0.2) is 0 Å². The minimum absolute atomic E-state index is 0.147. The molecule has 0 N–H and O–H groups in total. The van der Waals surface area contributed by atoms with Crippen LogP contribution in [0.2, 0.25) is 0 Å². The number of hydrogen-bond acceptors (Lipinski definition) is 4. The van der Waals surface area contributed by atoms with E-state index in [1.165, 1.54) is 0 Å². The number of carbonyl (C=O) groups is 1. The summed E-state index contributed by atoms with van der Waals surface area (Å²) in [6.07, 6.45) is 8.07. The Labute approximate surface area is 138 Å². The second-order valence-corrected chi connectivity index (χ2v) is 6.71. The normalized spacial score (nSPS) is 23.8. The third-order valence-corrected chi connectivity index (χ3v) is 5.11. The van der Waals surface area contributed by atoms with Gasteiger partial charge in [-0.1, -0.05) is 0 Å². The van der Waals surface area contributed by atoms with Gasteiger partial charge in [0.25, 0.3) is 0 Å². The maximum absolute atomic E-state index is 12.7. The van der Waals surface area contributed by atoms with Crippen LogP contribution in [0, 0.1) is 5.92 Å². The third-order valence-electron chi connectivity index (χ3n) is 5.11. The number of hydrogen-bond donors (Lipinski definition) is 0.